The molecule has 2 N–H and O–H groups in total. The van der Waals surface area contributed by atoms with Gasteiger partial charge in [0.05, 0.1) is 0 Å². The van der Waals surface area contributed by atoms with Gasteiger partial charge in [-0.2, -0.15) is 0 Å². The van der Waals surface area contributed by atoms with Crippen LogP contribution in [-0.4, -0.2) is 12.6 Å². The van der Waals surface area contributed by atoms with Gasteiger partial charge in [-0.15, -0.1) is 0 Å². The van der Waals surface area contributed by atoms with Gasteiger partial charge in [-0.25, -0.2) is 0 Å². The van der Waals surface area contributed by atoms with Crippen molar-refractivity contribution in [1.82, 2.24) is 0 Å². The van der Waals surface area contributed by atoms with Crippen LogP contribution in [0.5, 0.6) is 5.75 Å². The fourth-order valence-corrected chi connectivity index (χ4v) is 2.67. The summed E-state index contributed by atoms with van der Waals surface area (Å²) >= 11 is 0. The maximum atomic E-state index is 6.20. The molecular weight excluding hydrogens is 210 g/mol. The van der Waals surface area contributed by atoms with E-state index >= 15 is 0 Å². The first-order valence-electron chi connectivity index (χ1n) is 6.79. The average molecular weight is 233 g/mol. The first kappa shape index (κ1) is 12.4. The minimum atomic E-state index is 0.321. The number of benzene rings is 1. The second-order valence-electron chi connectivity index (χ2n) is 4.90. The zero-order valence-corrected chi connectivity index (χ0v) is 10.7. The van der Waals surface area contributed by atoms with E-state index in [4.69, 9.17) is 10.5 Å². The summed E-state index contributed by atoms with van der Waals surface area (Å²) in [6, 6.07) is 8.36. The molecule has 0 radical (unpaired) electrons. The van der Waals surface area contributed by atoms with Gasteiger partial charge in [-0.1, -0.05) is 31.5 Å². The van der Waals surface area contributed by atoms with Gasteiger partial charge in [0, 0.05) is 5.92 Å². The molecule has 2 atom stereocenters. The first-order chi connectivity index (χ1) is 8.35. The fraction of sp³-hybridized carbons (Fsp3) is 0.600. The van der Waals surface area contributed by atoms with Gasteiger partial charge in [0.15, 0.2) is 0 Å². The standard InChI is InChI=1S/C15H23NO/c1-2-12-7-3-5-9-14(12)17-15-10-6-4-8-13(15)11-16/h3,5,7,9,13,15H,2,4,6,8,10-11,16H2,1H3. The number of rotatable bonds is 4. The molecule has 0 bridgehead atoms. The topological polar surface area (TPSA) is 35.2 Å². The summed E-state index contributed by atoms with van der Waals surface area (Å²) in [5.74, 6) is 1.59. The van der Waals surface area contributed by atoms with Crippen molar-refractivity contribution < 1.29 is 4.74 Å². The van der Waals surface area contributed by atoms with Crippen molar-refractivity contribution in [3.8, 4) is 5.75 Å². The number of aryl methyl sites for hydroxylation is 1. The largest absolute Gasteiger partial charge is 0.490 e. The Bertz CT molecular complexity index is 351. The van der Waals surface area contributed by atoms with Crippen molar-refractivity contribution in [2.24, 2.45) is 11.7 Å². The predicted molar refractivity (Wildman–Crippen MR) is 71.2 cm³/mol. The fourth-order valence-electron chi connectivity index (χ4n) is 2.67. The van der Waals surface area contributed by atoms with Crippen molar-refractivity contribution >= 4 is 0 Å². The molecule has 1 aliphatic rings. The molecular formula is C15H23NO. The third-order valence-corrected chi connectivity index (χ3v) is 3.77. The quantitative estimate of drug-likeness (QED) is 0.867. The van der Waals surface area contributed by atoms with Crippen LogP contribution in [0.15, 0.2) is 24.3 Å². The molecule has 94 valence electrons. The maximum Gasteiger partial charge on any atom is 0.122 e. The van der Waals surface area contributed by atoms with E-state index in [1.165, 1.54) is 24.8 Å². The number of ether oxygens (including phenoxy) is 1. The van der Waals surface area contributed by atoms with Crippen LogP contribution in [0.25, 0.3) is 0 Å². The summed E-state index contributed by atoms with van der Waals surface area (Å²) in [7, 11) is 0. The van der Waals surface area contributed by atoms with E-state index in [2.05, 4.69) is 31.2 Å². The normalized spacial score (nSPS) is 24.6. The van der Waals surface area contributed by atoms with Crippen LogP contribution in [-0.2, 0) is 6.42 Å². The van der Waals surface area contributed by atoms with E-state index in [0.29, 0.717) is 12.0 Å². The third kappa shape index (κ3) is 3.01. The van der Waals surface area contributed by atoms with E-state index in [9.17, 15) is 0 Å². The highest BCUT2D eigenvalue weighted by atomic mass is 16.5. The molecule has 0 spiro atoms. The van der Waals surface area contributed by atoms with Gasteiger partial charge in [0.1, 0.15) is 11.9 Å². The highest BCUT2D eigenvalue weighted by molar-refractivity contribution is 5.33. The SMILES string of the molecule is CCc1ccccc1OC1CCCCC1CN. The van der Waals surface area contributed by atoms with Crippen molar-refractivity contribution in [3.63, 3.8) is 0 Å². The van der Waals surface area contributed by atoms with Crippen LogP contribution in [0.1, 0.15) is 38.2 Å². The van der Waals surface area contributed by atoms with Gasteiger partial charge in [0.25, 0.3) is 0 Å². The number of hydrogen-bond acceptors (Lipinski definition) is 2. The van der Waals surface area contributed by atoms with Crippen molar-refractivity contribution in [2.75, 3.05) is 6.54 Å². The molecule has 1 aliphatic carbocycles. The smallest absolute Gasteiger partial charge is 0.122 e. The van der Waals surface area contributed by atoms with E-state index in [1.54, 1.807) is 0 Å². The van der Waals surface area contributed by atoms with E-state index in [1.807, 2.05) is 0 Å². The number of hydrogen-bond donors (Lipinski definition) is 1. The second kappa shape index (κ2) is 6.06. The summed E-state index contributed by atoms with van der Waals surface area (Å²) in [4.78, 5) is 0. The first-order valence-corrected chi connectivity index (χ1v) is 6.79. The van der Waals surface area contributed by atoms with Crippen LogP contribution in [0.3, 0.4) is 0 Å². The van der Waals surface area contributed by atoms with Gasteiger partial charge < -0.3 is 10.5 Å². The molecule has 0 amide bonds. The van der Waals surface area contributed by atoms with E-state index < -0.39 is 0 Å². The second-order valence-corrected chi connectivity index (χ2v) is 4.90. The zero-order chi connectivity index (χ0) is 12.1. The minimum Gasteiger partial charge on any atom is -0.490 e. The van der Waals surface area contributed by atoms with Gasteiger partial charge in [-0.3, -0.25) is 0 Å². The molecule has 0 heterocycles. The van der Waals surface area contributed by atoms with Crippen molar-refractivity contribution in [2.45, 2.75) is 45.1 Å². The van der Waals surface area contributed by atoms with Gasteiger partial charge >= 0.3 is 0 Å². The van der Waals surface area contributed by atoms with Gasteiger partial charge in [0.2, 0.25) is 0 Å². The average Bonchev–Trinajstić information content (AvgIpc) is 2.40. The molecule has 2 nitrogen and oxygen atoms in total. The highest BCUT2D eigenvalue weighted by Gasteiger charge is 2.25. The van der Waals surface area contributed by atoms with Crippen molar-refractivity contribution in [1.29, 1.82) is 0 Å². The lowest BCUT2D eigenvalue weighted by atomic mass is 9.86. The maximum absolute atomic E-state index is 6.20. The Balaban J connectivity index is 2.08. The van der Waals surface area contributed by atoms with Crippen LogP contribution >= 0.6 is 0 Å². The predicted octanol–water partition coefficient (Wildman–Crippen LogP) is 3.15. The van der Waals surface area contributed by atoms with Crippen molar-refractivity contribution in [3.05, 3.63) is 29.8 Å². The lowest BCUT2D eigenvalue weighted by Gasteiger charge is -2.31. The van der Waals surface area contributed by atoms with E-state index in [0.717, 1.165) is 25.1 Å². The van der Waals surface area contributed by atoms with Crippen LogP contribution in [0.2, 0.25) is 0 Å². The zero-order valence-electron chi connectivity index (χ0n) is 10.7. The summed E-state index contributed by atoms with van der Waals surface area (Å²) in [5, 5.41) is 0. The molecule has 2 unspecified atom stereocenters. The minimum absolute atomic E-state index is 0.321. The van der Waals surface area contributed by atoms with Crippen LogP contribution in [0.4, 0.5) is 0 Å². The summed E-state index contributed by atoms with van der Waals surface area (Å²) < 4.78 is 6.20. The molecule has 0 aliphatic heterocycles. The molecule has 0 aromatic heterocycles. The molecule has 2 heteroatoms. The lowest BCUT2D eigenvalue weighted by Crippen LogP contribution is -2.35. The Morgan fingerprint density at radius 3 is 2.76 bits per heavy atom. The van der Waals surface area contributed by atoms with Crippen LogP contribution in [0, 0.1) is 5.92 Å². The highest BCUT2D eigenvalue weighted by Crippen LogP contribution is 2.29. The van der Waals surface area contributed by atoms with E-state index in [-0.39, 0.29) is 0 Å². The molecule has 1 aromatic carbocycles. The number of para-hydroxylation sites is 1. The number of nitrogens with two attached hydrogens (primary N) is 1. The summed E-state index contributed by atoms with van der Waals surface area (Å²) in [5.41, 5.74) is 7.14. The summed E-state index contributed by atoms with van der Waals surface area (Å²) in [6.07, 6.45) is 6.29. The molecule has 1 fully saturated rings. The summed E-state index contributed by atoms with van der Waals surface area (Å²) in [6.45, 7) is 2.92. The third-order valence-electron chi connectivity index (χ3n) is 3.77. The molecule has 2 rings (SSSR count). The Kier molecular flexibility index (Phi) is 4.43. The van der Waals surface area contributed by atoms with Gasteiger partial charge in [-0.05, 0) is 43.9 Å². The molecule has 1 saturated carbocycles. The Morgan fingerprint density at radius 1 is 1.24 bits per heavy atom. The Morgan fingerprint density at radius 2 is 2.00 bits per heavy atom. The Hall–Kier alpha value is -1.02. The molecule has 0 saturated heterocycles. The molecule has 1 aromatic rings. The lowest BCUT2D eigenvalue weighted by molar-refractivity contribution is 0.0960. The van der Waals surface area contributed by atoms with Crippen LogP contribution < -0.4 is 10.5 Å². The monoisotopic (exact) mass is 233 g/mol. The Labute approximate surface area is 104 Å². The molecule has 17 heavy (non-hydrogen) atoms.